The monoisotopic (exact) mass is 511 g/mol. The number of hydrogen-bond donors (Lipinski definition) is 1. The minimum atomic E-state index is -1.12. The number of hydrogen-bond acceptors (Lipinski definition) is 7. The van der Waals surface area contributed by atoms with Gasteiger partial charge in [0, 0.05) is 11.8 Å². The molecule has 8 heteroatoms. The van der Waals surface area contributed by atoms with Crippen molar-refractivity contribution in [2.45, 2.75) is 58.3 Å². The third kappa shape index (κ3) is 6.50. The van der Waals surface area contributed by atoms with Gasteiger partial charge in [-0.05, 0) is 38.8 Å². The number of ether oxygens (including phenoxy) is 4. The standard InChI is InChI=1S/C29H37NO7/c1-5-35-27(32)24-21(17-34-16-19-12-8-6-9-13-19)23(24)25(31)26-30(28(33)37-29(2,3)4)22(18-36-26)20-14-10-7-11-15-20/h6-15,21-26,31H,5,16-18H2,1-4H3/t21-,22-,23-,24+,25+,26+/m0/s1. The lowest BCUT2D eigenvalue weighted by atomic mass is 10.1. The van der Waals surface area contributed by atoms with E-state index in [1.165, 1.54) is 4.90 Å². The second kappa shape index (κ2) is 11.6. The zero-order valence-corrected chi connectivity index (χ0v) is 21.9. The Morgan fingerprint density at radius 3 is 2.35 bits per heavy atom. The SMILES string of the molecule is CCOC(=O)[C@@H]1[C@@H](COCc2ccccc2)[C@@H]1[C@@H](O)[C@H]1OC[C@@H](c2ccccc2)N1C(=O)OC(C)(C)C. The van der Waals surface area contributed by atoms with Gasteiger partial charge in [-0.1, -0.05) is 60.7 Å². The van der Waals surface area contributed by atoms with Crippen LogP contribution >= 0.6 is 0 Å². The molecule has 1 amide bonds. The van der Waals surface area contributed by atoms with Crippen molar-refractivity contribution in [3.8, 4) is 0 Å². The van der Waals surface area contributed by atoms with Gasteiger partial charge in [-0.3, -0.25) is 9.69 Å². The molecule has 0 aromatic heterocycles. The molecule has 1 aliphatic heterocycles. The summed E-state index contributed by atoms with van der Waals surface area (Å²) in [5, 5.41) is 11.5. The number of carbonyl (C=O) groups is 2. The van der Waals surface area contributed by atoms with Gasteiger partial charge in [0.2, 0.25) is 0 Å². The molecule has 2 aromatic carbocycles. The highest BCUT2D eigenvalue weighted by Crippen LogP contribution is 2.52. The molecule has 4 rings (SSSR count). The van der Waals surface area contributed by atoms with E-state index >= 15 is 0 Å². The summed E-state index contributed by atoms with van der Waals surface area (Å²) in [6.07, 6.45) is -2.67. The van der Waals surface area contributed by atoms with Crippen molar-refractivity contribution in [2.75, 3.05) is 19.8 Å². The first-order chi connectivity index (χ1) is 17.7. The molecule has 1 heterocycles. The fraction of sp³-hybridized carbons (Fsp3) is 0.517. The number of aliphatic hydroxyl groups excluding tert-OH is 1. The Morgan fingerprint density at radius 1 is 1.08 bits per heavy atom. The summed E-state index contributed by atoms with van der Waals surface area (Å²) in [5.74, 6) is -1.64. The molecule has 200 valence electrons. The number of rotatable bonds is 9. The Kier molecular flexibility index (Phi) is 8.52. The van der Waals surface area contributed by atoms with E-state index < -0.39 is 41.9 Å². The molecule has 1 N–H and O–H groups in total. The zero-order chi connectivity index (χ0) is 26.6. The highest BCUT2D eigenvalue weighted by atomic mass is 16.6. The highest BCUT2D eigenvalue weighted by Gasteiger charge is 2.62. The van der Waals surface area contributed by atoms with Crippen LogP contribution in [-0.2, 0) is 30.3 Å². The van der Waals surface area contributed by atoms with Crippen molar-refractivity contribution >= 4 is 12.1 Å². The summed E-state index contributed by atoms with van der Waals surface area (Å²) in [4.78, 5) is 27.5. The second-order valence-electron chi connectivity index (χ2n) is 10.5. The Labute approximate surface area is 218 Å². The normalized spacial score (nSPS) is 26.0. The van der Waals surface area contributed by atoms with Gasteiger partial charge in [0.25, 0.3) is 0 Å². The first-order valence-corrected chi connectivity index (χ1v) is 12.9. The number of nitrogens with zero attached hydrogens (tertiary/aromatic N) is 1. The van der Waals surface area contributed by atoms with E-state index in [9.17, 15) is 14.7 Å². The van der Waals surface area contributed by atoms with E-state index in [1.807, 2.05) is 60.7 Å². The van der Waals surface area contributed by atoms with Crippen LogP contribution in [0.15, 0.2) is 60.7 Å². The summed E-state index contributed by atoms with van der Waals surface area (Å²) in [7, 11) is 0. The molecule has 1 saturated heterocycles. The van der Waals surface area contributed by atoms with E-state index in [0.717, 1.165) is 11.1 Å². The Balaban J connectivity index is 1.52. The molecule has 1 aliphatic carbocycles. The van der Waals surface area contributed by atoms with Gasteiger partial charge < -0.3 is 24.1 Å². The zero-order valence-electron chi connectivity index (χ0n) is 21.9. The second-order valence-corrected chi connectivity index (χ2v) is 10.5. The first-order valence-electron chi connectivity index (χ1n) is 12.9. The molecule has 37 heavy (non-hydrogen) atoms. The molecule has 2 aliphatic rings. The van der Waals surface area contributed by atoms with Gasteiger partial charge in [0.05, 0.1) is 38.4 Å². The molecule has 2 fully saturated rings. The number of benzene rings is 2. The average Bonchev–Trinajstić information content (AvgIpc) is 3.40. The van der Waals surface area contributed by atoms with Crippen LogP contribution in [0.4, 0.5) is 4.79 Å². The molecule has 0 radical (unpaired) electrons. The van der Waals surface area contributed by atoms with E-state index in [4.69, 9.17) is 18.9 Å². The lowest BCUT2D eigenvalue weighted by Gasteiger charge is -2.33. The van der Waals surface area contributed by atoms with Gasteiger partial charge >= 0.3 is 12.1 Å². The maximum absolute atomic E-state index is 13.3. The summed E-state index contributed by atoms with van der Waals surface area (Å²) in [5.41, 5.74) is 1.18. The van der Waals surface area contributed by atoms with E-state index in [0.29, 0.717) is 6.61 Å². The van der Waals surface area contributed by atoms with Crippen LogP contribution in [0.1, 0.15) is 44.9 Å². The first kappa shape index (κ1) is 27.1. The smallest absolute Gasteiger partial charge is 0.413 e. The molecule has 0 spiro atoms. The predicted octanol–water partition coefficient (Wildman–Crippen LogP) is 4.32. The fourth-order valence-corrected chi connectivity index (χ4v) is 5.00. The molecule has 1 saturated carbocycles. The fourth-order valence-electron chi connectivity index (χ4n) is 5.00. The quantitative estimate of drug-likeness (QED) is 0.501. The Hall–Kier alpha value is -2.94. The minimum Gasteiger partial charge on any atom is -0.466 e. The maximum atomic E-state index is 13.3. The van der Waals surface area contributed by atoms with E-state index in [2.05, 4.69) is 0 Å². The van der Waals surface area contributed by atoms with Crippen LogP contribution in [-0.4, -0.2) is 59.8 Å². The van der Waals surface area contributed by atoms with Gasteiger partial charge in [0.1, 0.15) is 11.7 Å². The number of amides is 1. The summed E-state index contributed by atoms with van der Waals surface area (Å²) in [6.45, 7) is 8.26. The van der Waals surface area contributed by atoms with E-state index in [1.54, 1.807) is 27.7 Å². The van der Waals surface area contributed by atoms with Crippen molar-refractivity contribution < 1.29 is 33.6 Å². The average molecular weight is 512 g/mol. The van der Waals surface area contributed by atoms with Gasteiger partial charge in [-0.2, -0.15) is 0 Å². The van der Waals surface area contributed by atoms with Crippen LogP contribution < -0.4 is 0 Å². The van der Waals surface area contributed by atoms with Crippen molar-refractivity contribution in [3.05, 3.63) is 71.8 Å². The van der Waals surface area contributed by atoms with Crippen LogP contribution in [0.25, 0.3) is 0 Å². The van der Waals surface area contributed by atoms with Crippen LogP contribution in [0.2, 0.25) is 0 Å². The van der Waals surface area contributed by atoms with Crippen LogP contribution in [0, 0.1) is 17.8 Å². The Morgan fingerprint density at radius 2 is 1.73 bits per heavy atom. The number of aliphatic hydroxyl groups is 1. The summed E-state index contributed by atoms with van der Waals surface area (Å²) >= 11 is 0. The lowest BCUT2D eigenvalue weighted by Crippen LogP contribution is -2.47. The maximum Gasteiger partial charge on any atom is 0.413 e. The van der Waals surface area contributed by atoms with Crippen molar-refractivity contribution in [1.82, 2.24) is 4.90 Å². The minimum absolute atomic E-state index is 0.205. The van der Waals surface area contributed by atoms with Crippen molar-refractivity contribution in [1.29, 1.82) is 0 Å². The topological polar surface area (TPSA) is 94.5 Å². The summed E-state index contributed by atoms with van der Waals surface area (Å²) < 4.78 is 22.9. The molecule has 6 atom stereocenters. The largest absolute Gasteiger partial charge is 0.466 e. The van der Waals surface area contributed by atoms with Gasteiger partial charge in [-0.15, -0.1) is 0 Å². The highest BCUT2D eigenvalue weighted by molar-refractivity contribution is 5.77. The van der Waals surface area contributed by atoms with Gasteiger partial charge in [0.15, 0.2) is 6.23 Å². The third-order valence-corrected chi connectivity index (χ3v) is 6.72. The predicted molar refractivity (Wildman–Crippen MR) is 136 cm³/mol. The molecule has 0 unspecified atom stereocenters. The molecular formula is C29H37NO7. The number of carbonyl (C=O) groups excluding carboxylic acids is 2. The van der Waals surface area contributed by atoms with Crippen molar-refractivity contribution in [3.63, 3.8) is 0 Å². The molecule has 0 bridgehead atoms. The van der Waals surface area contributed by atoms with E-state index in [-0.39, 0.29) is 31.7 Å². The Bertz CT molecular complexity index is 1040. The van der Waals surface area contributed by atoms with Crippen LogP contribution in [0.3, 0.4) is 0 Å². The molecule has 8 nitrogen and oxygen atoms in total. The molecule has 2 aromatic rings. The number of esters is 1. The van der Waals surface area contributed by atoms with Crippen molar-refractivity contribution in [2.24, 2.45) is 17.8 Å². The lowest BCUT2D eigenvalue weighted by molar-refractivity contribution is -0.146. The summed E-state index contributed by atoms with van der Waals surface area (Å²) in [6, 6.07) is 18.8. The van der Waals surface area contributed by atoms with Gasteiger partial charge in [-0.25, -0.2) is 4.79 Å². The molecular weight excluding hydrogens is 474 g/mol. The third-order valence-electron chi connectivity index (χ3n) is 6.72. The van der Waals surface area contributed by atoms with Crippen LogP contribution in [0.5, 0.6) is 0 Å².